The molecule has 0 bridgehead atoms. The Balaban J connectivity index is 1.52. The smallest absolute Gasteiger partial charge is 0.238 e. The SMILES string of the molecule is COc1ccc(C(=O)[C@@H]2[C@H](C(=O)c3cccc(OC)c3)N3c4ccccc4C=C[C@H]3[C@@]23C(=O)Nc2ccccc23)cc1. The van der Waals surface area contributed by atoms with E-state index in [-0.39, 0.29) is 17.5 Å². The molecule has 42 heavy (non-hydrogen) atoms. The lowest BCUT2D eigenvalue weighted by Crippen LogP contribution is -2.51. The molecule has 3 heterocycles. The van der Waals surface area contributed by atoms with Gasteiger partial charge >= 0.3 is 0 Å². The number of nitrogens with zero attached hydrogens (tertiary/aromatic N) is 1. The summed E-state index contributed by atoms with van der Waals surface area (Å²) in [4.78, 5) is 46.0. The minimum absolute atomic E-state index is 0.259. The fourth-order valence-corrected chi connectivity index (χ4v) is 7.00. The molecule has 1 fully saturated rings. The lowest BCUT2D eigenvalue weighted by Gasteiger charge is -2.37. The van der Waals surface area contributed by atoms with Gasteiger partial charge in [-0.1, -0.05) is 60.7 Å². The van der Waals surface area contributed by atoms with Crippen molar-refractivity contribution in [1.82, 2.24) is 0 Å². The van der Waals surface area contributed by atoms with Crippen molar-refractivity contribution in [3.05, 3.63) is 125 Å². The van der Waals surface area contributed by atoms with Crippen LogP contribution >= 0.6 is 0 Å². The lowest BCUT2D eigenvalue weighted by atomic mass is 9.64. The lowest BCUT2D eigenvalue weighted by molar-refractivity contribution is -0.121. The summed E-state index contributed by atoms with van der Waals surface area (Å²) in [6.45, 7) is 0. The summed E-state index contributed by atoms with van der Waals surface area (Å²) in [5.74, 6) is -0.749. The molecule has 1 spiro atoms. The van der Waals surface area contributed by atoms with E-state index in [2.05, 4.69) is 5.32 Å². The van der Waals surface area contributed by atoms with E-state index in [1.54, 1.807) is 62.8 Å². The fourth-order valence-electron chi connectivity index (χ4n) is 7.00. The van der Waals surface area contributed by atoms with E-state index in [4.69, 9.17) is 9.47 Å². The van der Waals surface area contributed by atoms with Crippen LogP contribution in [0.15, 0.2) is 103 Å². The van der Waals surface area contributed by atoms with E-state index >= 15 is 0 Å². The van der Waals surface area contributed by atoms with Gasteiger partial charge in [0.1, 0.15) is 23.0 Å². The van der Waals surface area contributed by atoms with E-state index in [1.807, 2.05) is 65.6 Å². The van der Waals surface area contributed by atoms with Crippen LogP contribution < -0.4 is 19.7 Å². The minimum Gasteiger partial charge on any atom is -0.497 e. The van der Waals surface area contributed by atoms with Crippen LogP contribution in [0.3, 0.4) is 0 Å². The van der Waals surface area contributed by atoms with Gasteiger partial charge in [0.25, 0.3) is 0 Å². The summed E-state index contributed by atoms with van der Waals surface area (Å²) >= 11 is 0. The minimum atomic E-state index is -1.36. The standard InChI is InChI=1S/C35H28N2O5/c1-41-24-17-14-22(15-18-24)32(38)30-31(33(39)23-9-7-10-25(20-23)42-2)37-28-13-6-3-8-21(28)16-19-29(37)35(30)26-11-4-5-12-27(26)36-34(35)40/h3-20,29-31H,1-2H3,(H,36,40)/t29-,30-,31+,35+/m0/s1. The number of hydrogen-bond donors (Lipinski definition) is 1. The number of nitrogens with one attached hydrogen (secondary N) is 1. The maximum absolute atomic E-state index is 14.8. The van der Waals surface area contributed by atoms with E-state index in [1.165, 1.54) is 0 Å². The predicted octanol–water partition coefficient (Wildman–Crippen LogP) is 5.56. The van der Waals surface area contributed by atoms with Crippen LogP contribution in [-0.4, -0.2) is 43.8 Å². The Hall–Kier alpha value is -5.17. The number of benzene rings is 4. The molecule has 4 atom stereocenters. The van der Waals surface area contributed by atoms with Gasteiger partial charge in [0, 0.05) is 22.5 Å². The number of ketones is 2. The van der Waals surface area contributed by atoms with Gasteiger partial charge in [0.05, 0.1) is 26.2 Å². The summed E-state index contributed by atoms with van der Waals surface area (Å²) in [6.07, 6.45) is 3.96. The van der Waals surface area contributed by atoms with E-state index in [0.29, 0.717) is 33.9 Å². The molecule has 7 nitrogen and oxygen atoms in total. The highest BCUT2D eigenvalue weighted by Gasteiger charge is 2.70. The molecular weight excluding hydrogens is 528 g/mol. The summed E-state index contributed by atoms with van der Waals surface area (Å²) in [5, 5.41) is 3.06. The molecule has 3 aliphatic heterocycles. The first-order valence-electron chi connectivity index (χ1n) is 13.8. The quantitative estimate of drug-likeness (QED) is 0.313. The Kier molecular flexibility index (Phi) is 5.97. The molecule has 4 aromatic carbocycles. The van der Waals surface area contributed by atoms with Gasteiger partial charge in [-0.3, -0.25) is 14.4 Å². The van der Waals surface area contributed by atoms with E-state index < -0.39 is 23.4 Å². The molecule has 0 radical (unpaired) electrons. The first-order chi connectivity index (χ1) is 20.5. The number of para-hydroxylation sites is 2. The van der Waals surface area contributed by atoms with Crippen LogP contribution in [0, 0.1) is 5.92 Å². The Morgan fingerprint density at radius 3 is 2.31 bits per heavy atom. The van der Waals surface area contributed by atoms with Crippen LogP contribution in [0.4, 0.5) is 11.4 Å². The normalized spacial score (nSPS) is 23.1. The van der Waals surface area contributed by atoms with E-state index in [9.17, 15) is 14.4 Å². The van der Waals surface area contributed by atoms with Crippen molar-refractivity contribution in [2.45, 2.75) is 17.5 Å². The van der Waals surface area contributed by atoms with Crippen molar-refractivity contribution in [2.75, 3.05) is 24.4 Å². The number of methoxy groups -OCH3 is 2. The molecule has 1 saturated heterocycles. The third kappa shape index (κ3) is 3.56. The molecule has 208 valence electrons. The van der Waals surface area contributed by atoms with Crippen LogP contribution in [0.25, 0.3) is 6.08 Å². The second-order valence-corrected chi connectivity index (χ2v) is 10.8. The van der Waals surface area contributed by atoms with Gasteiger partial charge in [-0.15, -0.1) is 0 Å². The molecule has 0 saturated carbocycles. The molecule has 4 aromatic rings. The molecule has 1 amide bonds. The summed E-state index contributed by atoms with van der Waals surface area (Å²) < 4.78 is 10.8. The number of hydrogen-bond acceptors (Lipinski definition) is 6. The van der Waals surface area contributed by atoms with Crippen molar-refractivity contribution in [2.24, 2.45) is 5.92 Å². The molecule has 7 heteroatoms. The van der Waals surface area contributed by atoms with Gasteiger partial charge in [0.15, 0.2) is 11.6 Å². The second-order valence-electron chi connectivity index (χ2n) is 10.8. The molecule has 0 aromatic heterocycles. The average Bonchev–Trinajstić information content (AvgIpc) is 3.52. The van der Waals surface area contributed by atoms with Crippen molar-refractivity contribution in [3.63, 3.8) is 0 Å². The van der Waals surface area contributed by atoms with Crippen LogP contribution in [-0.2, 0) is 10.2 Å². The second kappa shape index (κ2) is 9.73. The van der Waals surface area contributed by atoms with Crippen molar-refractivity contribution < 1.29 is 23.9 Å². The number of fused-ring (bicyclic) bond motifs is 6. The first-order valence-corrected chi connectivity index (χ1v) is 13.8. The van der Waals surface area contributed by atoms with Crippen LogP contribution in [0.5, 0.6) is 11.5 Å². The summed E-state index contributed by atoms with van der Waals surface area (Å²) in [6, 6.07) is 27.4. The zero-order valence-electron chi connectivity index (χ0n) is 23.1. The van der Waals surface area contributed by atoms with Crippen LogP contribution in [0.2, 0.25) is 0 Å². The number of carbonyl (C=O) groups excluding carboxylic acids is 3. The van der Waals surface area contributed by atoms with Crippen molar-refractivity contribution in [1.29, 1.82) is 0 Å². The Labute approximate surface area is 243 Å². The maximum atomic E-state index is 14.8. The Bertz CT molecular complexity index is 1780. The topological polar surface area (TPSA) is 84.9 Å². The van der Waals surface area contributed by atoms with Crippen molar-refractivity contribution >= 4 is 34.9 Å². The molecular formula is C35H28N2O5. The number of anilines is 2. The average molecular weight is 557 g/mol. The third-order valence-electron chi connectivity index (χ3n) is 8.82. The number of Topliss-reactive ketones (excluding diaryl/α,β-unsaturated/α-hetero) is 2. The van der Waals surface area contributed by atoms with Gasteiger partial charge in [-0.25, -0.2) is 0 Å². The number of rotatable bonds is 6. The number of carbonyl (C=O) groups is 3. The Morgan fingerprint density at radius 1 is 0.786 bits per heavy atom. The van der Waals surface area contributed by atoms with Crippen LogP contribution in [0.1, 0.15) is 31.8 Å². The Morgan fingerprint density at radius 2 is 1.52 bits per heavy atom. The zero-order chi connectivity index (χ0) is 29.0. The number of amides is 1. The van der Waals surface area contributed by atoms with Crippen molar-refractivity contribution in [3.8, 4) is 11.5 Å². The fraction of sp³-hybridized carbons (Fsp3) is 0.171. The highest BCUT2D eigenvalue weighted by atomic mass is 16.5. The van der Waals surface area contributed by atoms with Gasteiger partial charge in [-0.05, 0) is 59.7 Å². The summed E-state index contributed by atoms with van der Waals surface area (Å²) in [5.41, 5.74) is 2.51. The maximum Gasteiger partial charge on any atom is 0.238 e. The molecule has 0 unspecified atom stereocenters. The predicted molar refractivity (Wildman–Crippen MR) is 160 cm³/mol. The van der Waals surface area contributed by atoms with Gasteiger partial charge in [0.2, 0.25) is 5.91 Å². The highest BCUT2D eigenvalue weighted by Crippen LogP contribution is 2.58. The molecule has 1 N–H and O–H groups in total. The molecule has 3 aliphatic rings. The third-order valence-corrected chi connectivity index (χ3v) is 8.82. The van der Waals surface area contributed by atoms with Gasteiger partial charge < -0.3 is 19.7 Å². The number of ether oxygens (including phenoxy) is 2. The molecule has 7 rings (SSSR count). The first kappa shape index (κ1) is 25.8. The monoisotopic (exact) mass is 556 g/mol. The van der Waals surface area contributed by atoms with Gasteiger partial charge in [-0.2, -0.15) is 0 Å². The zero-order valence-corrected chi connectivity index (χ0v) is 23.1. The summed E-state index contributed by atoms with van der Waals surface area (Å²) in [7, 11) is 3.11. The van der Waals surface area contributed by atoms with E-state index in [0.717, 1.165) is 11.3 Å². The highest BCUT2D eigenvalue weighted by molar-refractivity contribution is 6.18. The largest absolute Gasteiger partial charge is 0.497 e. The molecule has 0 aliphatic carbocycles.